The number of fused-ring (bicyclic) bond motifs is 1. The quantitative estimate of drug-likeness (QED) is 0.913. The second-order valence-corrected chi connectivity index (χ2v) is 4.92. The van der Waals surface area contributed by atoms with Crippen molar-refractivity contribution in [3.8, 4) is 5.88 Å². The first-order valence-electron chi connectivity index (χ1n) is 5.02. The Morgan fingerprint density at radius 1 is 1.50 bits per heavy atom. The molecule has 0 fully saturated rings. The molecule has 1 aromatic carbocycles. The van der Waals surface area contributed by atoms with E-state index < -0.39 is 5.97 Å². The highest BCUT2D eigenvalue weighted by molar-refractivity contribution is 9.10. The number of rotatable bonds is 2. The van der Waals surface area contributed by atoms with Crippen LogP contribution in [0, 0.1) is 6.92 Å². The second kappa shape index (κ2) is 4.74. The van der Waals surface area contributed by atoms with Crippen molar-refractivity contribution in [3.05, 3.63) is 32.8 Å². The minimum Gasteiger partial charge on any atom is -0.480 e. The van der Waals surface area contributed by atoms with Crippen LogP contribution in [0.3, 0.4) is 0 Å². The Balaban J connectivity index is 2.87. The molecule has 0 radical (unpaired) electrons. The predicted molar refractivity (Wildman–Crippen MR) is 72.7 cm³/mol. The summed E-state index contributed by atoms with van der Waals surface area (Å²) in [6, 6.07) is 3.18. The standard InChI is InChI=1S/C12H9BrClNO3/c1-5-9(13)8(14)4-6-3-7(12(16)17)11(18-2)15-10(5)6/h3-4H,1-2H3,(H,16,17). The smallest absolute Gasteiger partial charge is 0.341 e. The number of nitrogens with zero attached hydrogens (tertiary/aromatic N) is 1. The van der Waals surface area contributed by atoms with E-state index in [1.807, 2.05) is 6.92 Å². The Hall–Kier alpha value is -1.33. The molecule has 94 valence electrons. The van der Waals surface area contributed by atoms with E-state index in [2.05, 4.69) is 20.9 Å². The number of benzene rings is 1. The summed E-state index contributed by atoms with van der Waals surface area (Å²) >= 11 is 9.41. The van der Waals surface area contributed by atoms with Gasteiger partial charge in [0.1, 0.15) is 5.56 Å². The van der Waals surface area contributed by atoms with Crippen molar-refractivity contribution in [1.82, 2.24) is 4.98 Å². The summed E-state index contributed by atoms with van der Waals surface area (Å²) < 4.78 is 5.74. The van der Waals surface area contributed by atoms with Gasteiger partial charge in [-0.05, 0) is 40.5 Å². The van der Waals surface area contributed by atoms with Gasteiger partial charge < -0.3 is 9.84 Å². The molecule has 0 atom stereocenters. The van der Waals surface area contributed by atoms with Gasteiger partial charge in [0.05, 0.1) is 17.6 Å². The summed E-state index contributed by atoms with van der Waals surface area (Å²) in [4.78, 5) is 15.3. The summed E-state index contributed by atoms with van der Waals surface area (Å²) in [5, 5.41) is 10.3. The van der Waals surface area contributed by atoms with Crippen molar-refractivity contribution in [2.24, 2.45) is 0 Å². The molecule has 1 aromatic heterocycles. The van der Waals surface area contributed by atoms with Crippen LogP contribution >= 0.6 is 27.5 Å². The zero-order chi connectivity index (χ0) is 13.4. The van der Waals surface area contributed by atoms with Gasteiger partial charge in [0.15, 0.2) is 0 Å². The van der Waals surface area contributed by atoms with Gasteiger partial charge in [0, 0.05) is 9.86 Å². The highest BCUT2D eigenvalue weighted by Crippen LogP contribution is 2.34. The summed E-state index contributed by atoms with van der Waals surface area (Å²) in [5.41, 5.74) is 1.52. The number of methoxy groups -OCH3 is 1. The number of hydrogen-bond donors (Lipinski definition) is 1. The SMILES string of the molecule is COc1nc2c(C)c(Br)c(Cl)cc2cc1C(=O)O. The number of carbonyl (C=O) groups is 1. The average molecular weight is 331 g/mol. The fourth-order valence-electron chi connectivity index (χ4n) is 1.71. The summed E-state index contributed by atoms with van der Waals surface area (Å²) in [7, 11) is 1.39. The van der Waals surface area contributed by atoms with Gasteiger partial charge in [-0.1, -0.05) is 11.6 Å². The monoisotopic (exact) mass is 329 g/mol. The molecule has 2 aromatic rings. The third-order valence-corrected chi connectivity index (χ3v) is 4.17. The molecule has 1 heterocycles. The van der Waals surface area contributed by atoms with Gasteiger partial charge in [0.2, 0.25) is 5.88 Å². The van der Waals surface area contributed by atoms with E-state index >= 15 is 0 Å². The summed E-state index contributed by atoms with van der Waals surface area (Å²) in [5.74, 6) is -0.995. The van der Waals surface area contributed by atoms with E-state index in [1.54, 1.807) is 6.07 Å². The van der Waals surface area contributed by atoms with Gasteiger partial charge in [-0.15, -0.1) is 0 Å². The summed E-state index contributed by atoms with van der Waals surface area (Å²) in [6.45, 7) is 1.85. The first-order valence-corrected chi connectivity index (χ1v) is 6.19. The minimum atomic E-state index is -1.09. The first kappa shape index (κ1) is 13.1. The topological polar surface area (TPSA) is 59.4 Å². The fraction of sp³-hybridized carbons (Fsp3) is 0.167. The van der Waals surface area contributed by atoms with E-state index in [4.69, 9.17) is 21.4 Å². The lowest BCUT2D eigenvalue weighted by Crippen LogP contribution is -2.03. The van der Waals surface area contributed by atoms with Crippen LogP contribution in [0.5, 0.6) is 5.88 Å². The van der Waals surface area contributed by atoms with Crippen molar-refractivity contribution in [2.75, 3.05) is 7.11 Å². The van der Waals surface area contributed by atoms with Crippen molar-refractivity contribution >= 4 is 44.4 Å². The van der Waals surface area contributed by atoms with Crippen LogP contribution in [0.15, 0.2) is 16.6 Å². The molecule has 0 aliphatic rings. The molecule has 0 bridgehead atoms. The van der Waals surface area contributed by atoms with E-state index in [0.717, 1.165) is 10.0 Å². The van der Waals surface area contributed by atoms with Crippen LogP contribution in [0.4, 0.5) is 0 Å². The number of carboxylic acid groups (broad SMARTS) is 1. The summed E-state index contributed by atoms with van der Waals surface area (Å²) in [6.07, 6.45) is 0. The Morgan fingerprint density at radius 3 is 2.72 bits per heavy atom. The van der Waals surface area contributed by atoms with Crippen LogP contribution in [0.1, 0.15) is 15.9 Å². The normalized spacial score (nSPS) is 10.7. The van der Waals surface area contributed by atoms with Crippen LogP contribution < -0.4 is 4.74 Å². The number of ether oxygens (including phenoxy) is 1. The second-order valence-electron chi connectivity index (χ2n) is 3.72. The lowest BCUT2D eigenvalue weighted by atomic mass is 10.1. The Labute approximate surface area is 117 Å². The van der Waals surface area contributed by atoms with E-state index in [-0.39, 0.29) is 11.4 Å². The van der Waals surface area contributed by atoms with Gasteiger partial charge in [-0.3, -0.25) is 0 Å². The molecule has 0 unspecified atom stereocenters. The molecule has 2 rings (SSSR count). The van der Waals surface area contributed by atoms with Gasteiger partial charge in [0.25, 0.3) is 0 Å². The van der Waals surface area contributed by atoms with Crippen molar-refractivity contribution in [3.63, 3.8) is 0 Å². The number of pyridine rings is 1. The number of hydrogen-bond acceptors (Lipinski definition) is 3. The van der Waals surface area contributed by atoms with Crippen LogP contribution in [0.25, 0.3) is 10.9 Å². The number of aromatic nitrogens is 1. The fourth-order valence-corrected chi connectivity index (χ4v) is 2.28. The maximum atomic E-state index is 11.1. The number of aromatic carboxylic acids is 1. The largest absolute Gasteiger partial charge is 0.480 e. The Bertz CT molecular complexity index is 658. The maximum Gasteiger partial charge on any atom is 0.341 e. The molecule has 18 heavy (non-hydrogen) atoms. The van der Waals surface area contributed by atoms with Gasteiger partial charge in [-0.2, -0.15) is 0 Å². The Kier molecular flexibility index (Phi) is 3.45. The third kappa shape index (κ3) is 2.04. The molecule has 0 amide bonds. The molecular formula is C12H9BrClNO3. The highest BCUT2D eigenvalue weighted by atomic mass is 79.9. The molecule has 6 heteroatoms. The molecule has 0 spiro atoms. The third-order valence-electron chi connectivity index (χ3n) is 2.62. The molecule has 4 nitrogen and oxygen atoms in total. The zero-order valence-corrected chi connectivity index (χ0v) is 12.0. The van der Waals surface area contributed by atoms with E-state index in [0.29, 0.717) is 15.9 Å². The molecule has 0 saturated carbocycles. The van der Waals surface area contributed by atoms with Gasteiger partial charge in [-0.25, -0.2) is 9.78 Å². The number of aryl methyl sites for hydroxylation is 1. The molecule has 0 aliphatic carbocycles. The van der Waals surface area contributed by atoms with Crippen molar-refractivity contribution in [2.45, 2.75) is 6.92 Å². The highest BCUT2D eigenvalue weighted by Gasteiger charge is 2.16. The predicted octanol–water partition coefficient (Wildman–Crippen LogP) is 3.67. The van der Waals surface area contributed by atoms with Crippen LogP contribution in [-0.2, 0) is 0 Å². The van der Waals surface area contributed by atoms with Crippen LogP contribution in [0.2, 0.25) is 5.02 Å². The maximum absolute atomic E-state index is 11.1. The number of halogens is 2. The van der Waals surface area contributed by atoms with E-state index in [1.165, 1.54) is 13.2 Å². The molecule has 0 aliphatic heterocycles. The number of carboxylic acids is 1. The minimum absolute atomic E-state index is 0.0165. The van der Waals surface area contributed by atoms with Crippen molar-refractivity contribution in [1.29, 1.82) is 0 Å². The lowest BCUT2D eigenvalue weighted by molar-refractivity contribution is 0.0692. The molecular weight excluding hydrogens is 321 g/mol. The Morgan fingerprint density at radius 2 is 2.17 bits per heavy atom. The van der Waals surface area contributed by atoms with Crippen LogP contribution in [-0.4, -0.2) is 23.2 Å². The van der Waals surface area contributed by atoms with Gasteiger partial charge >= 0.3 is 5.97 Å². The first-order chi connectivity index (χ1) is 8.45. The van der Waals surface area contributed by atoms with E-state index in [9.17, 15) is 4.79 Å². The molecule has 1 N–H and O–H groups in total. The van der Waals surface area contributed by atoms with Crippen molar-refractivity contribution < 1.29 is 14.6 Å². The zero-order valence-electron chi connectivity index (χ0n) is 9.62. The molecule has 0 saturated heterocycles. The average Bonchev–Trinajstić information content (AvgIpc) is 2.34. The lowest BCUT2D eigenvalue weighted by Gasteiger charge is -2.10.